The van der Waals surface area contributed by atoms with E-state index in [4.69, 9.17) is 4.43 Å². The summed E-state index contributed by atoms with van der Waals surface area (Å²) in [4.78, 5) is 0. The summed E-state index contributed by atoms with van der Waals surface area (Å²) in [6, 6.07) is 34.5. The van der Waals surface area contributed by atoms with Crippen LogP contribution in [0.25, 0.3) is 0 Å². The molecule has 0 radical (unpaired) electrons. The first-order valence-corrected chi connectivity index (χ1v) is 15.5. The van der Waals surface area contributed by atoms with Gasteiger partial charge in [-0.3, -0.25) is 0 Å². The van der Waals surface area contributed by atoms with Crippen LogP contribution in [0.2, 0.25) is 12.6 Å². The van der Waals surface area contributed by atoms with E-state index in [9.17, 15) is 0 Å². The zero-order valence-electron chi connectivity index (χ0n) is 16.7. The van der Waals surface area contributed by atoms with E-state index in [1.165, 1.54) is 28.4 Å². The van der Waals surface area contributed by atoms with Gasteiger partial charge in [-0.2, -0.15) is 0 Å². The zero-order chi connectivity index (χ0) is 19.2. The third-order valence-electron chi connectivity index (χ3n) is 5.98. The summed E-state index contributed by atoms with van der Waals surface area (Å²) in [5, 5.41) is 4.39. The van der Waals surface area contributed by atoms with Gasteiger partial charge in [0.2, 0.25) is 7.83 Å². The van der Waals surface area contributed by atoms with Crippen molar-refractivity contribution in [2.75, 3.05) is 7.11 Å². The maximum absolute atomic E-state index is 6.70. The highest BCUT2D eigenvalue weighted by molar-refractivity contribution is 7.53. The van der Waals surface area contributed by atoms with Gasteiger partial charge < -0.3 is 4.43 Å². The lowest BCUT2D eigenvalue weighted by Gasteiger charge is -2.45. The fourth-order valence-corrected chi connectivity index (χ4v) is 20.5. The van der Waals surface area contributed by atoms with Crippen LogP contribution in [0.15, 0.2) is 91.0 Å². The van der Waals surface area contributed by atoms with Crippen molar-refractivity contribution in [2.45, 2.75) is 32.4 Å². The molecule has 0 bridgehead atoms. The van der Waals surface area contributed by atoms with Gasteiger partial charge in [0.25, 0.3) is 0 Å². The van der Waals surface area contributed by atoms with Crippen molar-refractivity contribution in [1.29, 1.82) is 0 Å². The standard InChI is InChI=1S/C24H30OSi2/c1-4-5-21-27(25-2,24-19-13-8-14-20-24)26(3,22-15-9-6-10-16-22)23-17-11-7-12-18-23/h6-20H,4-5,21H2,1-3H3. The molecule has 0 saturated carbocycles. The van der Waals surface area contributed by atoms with E-state index < -0.39 is 15.4 Å². The number of benzene rings is 3. The molecule has 1 unspecified atom stereocenters. The van der Waals surface area contributed by atoms with Crippen LogP contribution in [0.4, 0.5) is 0 Å². The molecule has 140 valence electrons. The van der Waals surface area contributed by atoms with Crippen molar-refractivity contribution in [3.05, 3.63) is 91.0 Å². The van der Waals surface area contributed by atoms with Gasteiger partial charge in [0.05, 0.1) is 0 Å². The Morgan fingerprint density at radius 3 is 1.44 bits per heavy atom. The first kappa shape index (κ1) is 19.8. The van der Waals surface area contributed by atoms with Crippen molar-refractivity contribution >= 4 is 31.0 Å². The molecule has 3 aromatic carbocycles. The Labute approximate surface area is 166 Å². The maximum Gasteiger partial charge on any atom is 0.219 e. The highest BCUT2D eigenvalue weighted by Gasteiger charge is 2.56. The van der Waals surface area contributed by atoms with Crippen molar-refractivity contribution < 1.29 is 4.43 Å². The van der Waals surface area contributed by atoms with Gasteiger partial charge in [-0.25, -0.2) is 0 Å². The third-order valence-corrected chi connectivity index (χ3v) is 22.4. The van der Waals surface area contributed by atoms with Crippen LogP contribution in [0.1, 0.15) is 19.8 Å². The van der Waals surface area contributed by atoms with E-state index in [0.29, 0.717) is 0 Å². The second-order valence-electron chi connectivity index (χ2n) is 7.36. The molecular weight excluding hydrogens is 360 g/mol. The van der Waals surface area contributed by atoms with Gasteiger partial charge in [0.1, 0.15) is 7.59 Å². The Balaban J connectivity index is 2.32. The fourth-order valence-electron chi connectivity index (χ4n) is 4.42. The van der Waals surface area contributed by atoms with E-state index >= 15 is 0 Å². The van der Waals surface area contributed by atoms with E-state index in [2.05, 4.69) is 104 Å². The molecule has 1 nitrogen and oxygen atoms in total. The Hall–Kier alpha value is -1.95. The minimum atomic E-state index is -2.26. The predicted molar refractivity (Wildman–Crippen MR) is 122 cm³/mol. The Morgan fingerprint density at radius 1 is 0.667 bits per heavy atom. The third kappa shape index (κ3) is 3.59. The largest absolute Gasteiger partial charge is 0.417 e. The molecule has 0 heterocycles. The second kappa shape index (κ2) is 8.83. The first-order chi connectivity index (χ1) is 13.2. The number of rotatable bonds is 8. The smallest absolute Gasteiger partial charge is 0.219 e. The summed E-state index contributed by atoms with van der Waals surface area (Å²) >= 11 is 0. The van der Waals surface area contributed by atoms with Crippen molar-refractivity contribution in [3.8, 4) is 0 Å². The van der Waals surface area contributed by atoms with E-state index in [0.717, 1.165) is 6.04 Å². The highest BCUT2D eigenvalue weighted by atomic mass is 29.3. The molecule has 0 spiro atoms. The normalized spacial score (nSPS) is 13.9. The van der Waals surface area contributed by atoms with Crippen LogP contribution >= 0.6 is 0 Å². The van der Waals surface area contributed by atoms with Crippen LogP contribution in [0, 0.1) is 0 Å². The highest BCUT2D eigenvalue weighted by Crippen LogP contribution is 2.27. The second-order valence-corrected chi connectivity index (χ2v) is 19.3. The van der Waals surface area contributed by atoms with Crippen molar-refractivity contribution in [3.63, 3.8) is 0 Å². The number of unbranched alkanes of at least 4 members (excludes halogenated alkanes) is 1. The minimum Gasteiger partial charge on any atom is -0.417 e. The summed E-state index contributed by atoms with van der Waals surface area (Å²) in [5.74, 6) is 0. The predicted octanol–water partition coefficient (Wildman–Crippen LogP) is 4.26. The lowest BCUT2D eigenvalue weighted by atomic mass is 10.4. The first-order valence-electron chi connectivity index (χ1n) is 9.91. The summed E-state index contributed by atoms with van der Waals surface area (Å²) in [7, 11) is -2.44. The molecule has 0 amide bonds. The van der Waals surface area contributed by atoms with Crippen molar-refractivity contribution in [1.82, 2.24) is 0 Å². The molecule has 1 atom stereocenters. The van der Waals surface area contributed by atoms with Gasteiger partial charge in [-0.1, -0.05) is 128 Å². The van der Waals surface area contributed by atoms with Crippen molar-refractivity contribution in [2.24, 2.45) is 0 Å². The molecule has 0 aliphatic heterocycles. The van der Waals surface area contributed by atoms with Gasteiger partial charge >= 0.3 is 0 Å². The summed E-state index contributed by atoms with van der Waals surface area (Å²) < 4.78 is 6.70. The van der Waals surface area contributed by atoms with E-state index in [1.54, 1.807) is 0 Å². The van der Waals surface area contributed by atoms with Crippen LogP contribution in [-0.2, 0) is 4.43 Å². The Kier molecular flexibility index (Phi) is 6.48. The maximum atomic E-state index is 6.70. The van der Waals surface area contributed by atoms with Crippen LogP contribution in [0.5, 0.6) is 0 Å². The summed E-state index contributed by atoms with van der Waals surface area (Å²) in [6.07, 6.45) is 2.40. The summed E-state index contributed by atoms with van der Waals surface area (Å²) in [5.41, 5.74) is 0. The molecule has 0 saturated heterocycles. The quantitative estimate of drug-likeness (QED) is 0.522. The monoisotopic (exact) mass is 390 g/mol. The Morgan fingerprint density at radius 2 is 1.07 bits per heavy atom. The van der Waals surface area contributed by atoms with Crippen LogP contribution in [-0.4, -0.2) is 22.5 Å². The molecule has 27 heavy (non-hydrogen) atoms. The lowest BCUT2D eigenvalue weighted by Crippen LogP contribution is -2.80. The molecule has 0 aliphatic rings. The van der Waals surface area contributed by atoms with E-state index in [-0.39, 0.29) is 0 Å². The molecule has 0 aliphatic carbocycles. The molecule has 3 aromatic rings. The molecule has 0 N–H and O–H groups in total. The molecule has 0 aromatic heterocycles. The minimum absolute atomic E-state index is 1.16. The van der Waals surface area contributed by atoms with Gasteiger partial charge in [0.15, 0.2) is 0 Å². The topological polar surface area (TPSA) is 9.23 Å². The molecule has 3 rings (SSSR count). The number of hydrogen-bond acceptors (Lipinski definition) is 1. The summed E-state index contributed by atoms with van der Waals surface area (Å²) in [6.45, 7) is 4.82. The van der Waals surface area contributed by atoms with E-state index in [1.807, 2.05) is 7.11 Å². The fraction of sp³-hybridized carbons (Fsp3) is 0.250. The lowest BCUT2D eigenvalue weighted by molar-refractivity contribution is 0.417. The van der Waals surface area contributed by atoms with Gasteiger partial charge in [0, 0.05) is 7.11 Å². The SMILES string of the molecule is CCCC[Si](OC)(c1ccccc1)[Si](C)(c1ccccc1)c1ccccc1. The average molecular weight is 391 g/mol. The Bertz CT molecular complexity index is 781. The number of hydrogen-bond donors (Lipinski definition) is 0. The molecule has 0 fully saturated rings. The van der Waals surface area contributed by atoms with Crippen LogP contribution < -0.4 is 15.6 Å². The zero-order valence-corrected chi connectivity index (χ0v) is 18.7. The molecule has 3 heteroatoms. The van der Waals surface area contributed by atoms with Gasteiger partial charge in [-0.05, 0) is 11.2 Å². The molecular formula is C24H30OSi2. The van der Waals surface area contributed by atoms with Crippen LogP contribution in [0.3, 0.4) is 0 Å². The average Bonchev–Trinajstić information content (AvgIpc) is 2.76. The van der Waals surface area contributed by atoms with Gasteiger partial charge in [-0.15, -0.1) is 0 Å².